The Morgan fingerprint density at radius 2 is 1.81 bits per heavy atom. The minimum Gasteiger partial charge on any atom is -0.456 e. The smallest absolute Gasteiger partial charge is 0.342 e. The minimum absolute atomic E-state index is 0.0766. The fourth-order valence-electron chi connectivity index (χ4n) is 3.77. The second-order valence-electron chi connectivity index (χ2n) is 7.37. The number of aryl methyl sites for hydroxylation is 2. The van der Waals surface area contributed by atoms with Gasteiger partial charge in [-0.2, -0.15) is 0 Å². The fraction of sp³-hybridized carbons (Fsp3) is 0.208. The number of para-hydroxylation sites is 2. The van der Waals surface area contributed by atoms with Crippen molar-refractivity contribution in [2.75, 3.05) is 0 Å². The molecule has 0 saturated carbocycles. The van der Waals surface area contributed by atoms with Crippen molar-refractivity contribution in [1.29, 1.82) is 0 Å². The molecule has 5 rings (SSSR count). The van der Waals surface area contributed by atoms with Crippen LogP contribution in [0.25, 0.3) is 4.96 Å². The number of fused-ring (bicyclic) bond motifs is 3. The Morgan fingerprint density at radius 1 is 1.03 bits per heavy atom. The Labute approximate surface area is 182 Å². The van der Waals surface area contributed by atoms with Gasteiger partial charge in [-0.15, -0.1) is 11.3 Å². The minimum atomic E-state index is -0.529. The maximum absolute atomic E-state index is 12.7. The van der Waals surface area contributed by atoms with Crippen molar-refractivity contribution >= 4 is 22.3 Å². The van der Waals surface area contributed by atoms with Crippen LogP contribution in [0.3, 0.4) is 0 Å². The van der Waals surface area contributed by atoms with E-state index < -0.39 is 5.97 Å². The molecule has 0 bridgehead atoms. The molecule has 0 aliphatic heterocycles. The molecule has 31 heavy (non-hydrogen) atoms. The maximum atomic E-state index is 12.7. The number of rotatable bonds is 5. The van der Waals surface area contributed by atoms with E-state index in [-0.39, 0.29) is 12.2 Å². The van der Waals surface area contributed by atoms with Gasteiger partial charge in [0.25, 0.3) is 5.56 Å². The summed E-state index contributed by atoms with van der Waals surface area (Å²) in [5.74, 6) is 0.511. The molecule has 0 saturated heterocycles. The van der Waals surface area contributed by atoms with Crippen LogP contribution < -0.4 is 10.3 Å². The Bertz CT molecular complexity index is 1310. The molecule has 156 valence electrons. The number of carbonyl (C=O) groups is 1. The van der Waals surface area contributed by atoms with Crippen LogP contribution in [-0.4, -0.2) is 15.4 Å². The summed E-state index contributed by atoms with van der Waals surface area (Å²) in [7, 11) is 0. The Hall–Kier alpha value is -3.45. The van der Waals surface area contributed by atoms with E-state index in [9.17, 15) is 9.59 Å². The molecular formula is C24H20N2O4S. The molecule has 1 aliphatic rings. The number of aromatic nitrogens is 2. The molecule has 1 aliphatic carbocycles. The highest BCUT2D eigenvalue weighted by Gasteiger charge is 2.19. The molecule has 2 heterocycles. The van der Waals surface area contributed by atoms with Gasteiger partial charge in [-0.3, -0.25) is 9.20 Å². The van der Waals surface area contributed by atoms with Crippen LogP contribution in [0.1, 0.15) is 39.5 Å². The first kappa shape index (κ1) is 19.5. The summed E-state index contributed by atoms with van der Waals surface area (Å²) in [6.45, 7) is -0.0766. The standard InChI is InChI=1S/C24H20N2O4S/c27-22-14-16(25-24-26(22)19-11-5-7-13-21(19)31-24)15-29-23(28)18-10-4-6-12-20(18)30-17-8-2-1-3-9-17/h1-4,6,8-10,12,14H,5,7,11,13,15H2. The molecule has 0 amide bonds. The zero-order valence-corrected chi connectivity index (χ0v) is 17.6. The monoisotopic (exact) mass is 432 g/mol. The molecule has 7 heteroatoms. The summed E-state index contributed by atoms with van der Waals surface area (Å²) in [5.41, 5.74) is 1.72. The molecule has 6 nitrogen and oxygen atoms in total. The lowest BCUT2D eigenvalue weighted by Gasteiger charge is -2.11. The van der Waals surface area contributed by atoms with E-state index in [4.69, 9.17) is 9.47 Å². The topological polar surface area (TPSA) is 69.9 Å². The summed E-state index contributed by atoms with van der Waals surface area (Å²) >= 11 is 1.55. The summed E-state index contributed by atoms with van der Waals surface area (Å²) in [4.78, 5) is 31.9. The van der Waals surface area contributed by atoms with Crippen molar-refractivity contribution < 1.29 is 14.3 Å². The fourth-order valence-corrected chi connectivity index (χ4v) is 5.01. The van der Waals surface area contributed by atoms with E-state index in [1.54, 1.807) is 40.0 Å². The molecule has 4 aromatic rings. The second kappa shape index (κ2) is 8.35. The summed E-state index contributed by atoms with van der Waals surface area (Å²) in [5, 5.41) is 0. The maximum Gasteiger partial charge on any atom is 0.342 e. The van der Waals surface area contributed by atoms with Gasteiger partial charge >= 0.3 is 5.97 Å². The molecule has 2 aromatic heterocycles. The first-order chi connectivity index (χ1) is 15.2. The van der Waals surface area contributed by atoms with Gasteiger partial charge in [0.05, 0.1) is 5.69 Å². The molecule has 0 unspecified atom stereocenters. The van der Waals surface area contributed by atoms with Crippen molar-refractivity contribution in [3.8, 4) is 11.5 Å². The second-order valence-corrected chi connectivity index (χ2v) is 8.43. The van der Waals surface area contributed by atoms with Crippen LogP contribution in [0.2, 0.25) is 0 Å². The zero-order valence-electron chi connectivity index (χ0n) is 16.7. The number of carbonyl (C=O) groups excluding carboxylic acids is 1. The predicted octanol–water partition coefficient (Wildman–Crippen LogP) is 4.78. The highest BCUT2D eigenvalue weighted by Crippen LogP contribution is 2.29. The molecule has 0 radical (unpaired) electrons. The van der Waals surface area contributed by atoms with E-state index in [2.05, 4.69) is 4.98 Å². The van der Waals surface area contributed by atoms with Crippen LogP contribution in [-0.2, 0) is 24.2 Å². The van der Waals surface area contributed by atoms with Crippen molar-refractivity contribution in [2.24, 2.45) is 0 Å². The SMILES string of the molecule is O=C(OCc1cc(=O)n2c3c(sc2n1)CCCC3)c1ccccc1Oc1ccccc1. The highest BCUT2D eigenvalue weighted by atomic mass is 32.1. The third kappa shape index (κ3) is 3.96. The Kier molecular flexibility index (Phi) is 5.26. The molecule has 0 fully saturated rings. The normalized spacial score (nSPS) is 13.0. The predicted molar refractivity (Wildman–Crippen MR) is 118 cm³/mol. The van der Waals surface area contributed by atoms with E-state index in [1.165, 1.54) is 10.9 Å². The number of thiazole rings is 1. The van der Waals surface area contributed by atoms with Crippen LogP contribution in [0.4, 0.5) is 0 Å². The third-order valence-electron chi connectivity index (χ3n) is 5.24. The van der Waals surface area contributed by atoms with E-state index in [0.29, 0.717) is 27.7 Å². The van der Waals surface area contributed by atoms with E-state index in [0.717, 1.165) is 31.4 Å². The molecule has 0 N–H and O–H groups in total. The van der Waals surface area contributed by atoms with Gasteiger partial charge in [0.1, 0.15) is 23.7 Å². The quantitative estimate of drug-likeness (QED) is 0.424. The molecule has 2 aromatic carbocycles. The average molecular weight is 433 g/mol. The largest absolute Gasteiger partial charge is 0.456 e. The number of nitrogens with zero attached hydrogens (tertiary/aromatic N) is 2. The first-order valence-corrected chi connectivity index (χ1v) is 11.0. The van der Waals surface area contributed by atoms with Gasteiger partial charge in [0.15, 0.2) is 4.96 Å². The van der Waals surface area contributed by atoms with Crippen LogP contribution in [0.5, 0.6) is 11.5 Å². The number of esters is 1. The van der Waals surface area contributed by atoms with Crippen molar-refractivity contribution in [2.45, 2.75) is 32.3 Å². The van der Waals surface area contributed by atoms with E-state index in [1.807, 2.05) is 30.3 Å². The number of benzene rings is 2. The number of hydrogen-bond donors (Lipinski definition) is 0. The average Bonchev–Trinajstić information content (AvgIpc) is 3.17. The van der Waals surface area contributed by atoms with Crippen LogP contribution in [0.15, 0.2) is 65.5 Å². The van der Waals surface area contributed by atoms with Gasteiger partial charge in [-0.05, 0) is 49.9 Å². The van der Waals surface area contributed by atoms with Gasteiger partial charge in [0.2, 0.25) is 0 Å². The van der Waals surface area contributed by atoms with Crippen molar-refractivity contribution in [3.05, 3.63) is 92.8 Å². The lowest BCUT2D eigenvalue weighted by molar-refractivity contribution is 0.0465. The lowest BCUT2D eigenvalue weighted by atomic mass is 10.0. The summed E-state index contributed by atoms with van der Waals surface area (Å²) in [6, 6.07) is 17.6. The van der Waals surface area contributed by atoms with Gasteiger partial charge in [-0.25, -0.2) is 9.78 Å². The first-order valence-electron chi connectivity index (χ1n) is 10.2. The highest BCUT2D eigenvalue weighted by molar-refractivity contribution is 7.17. The molecule has 0 atom stereocenters. The van der Waals surface area contributed by atoms with Crippen molar-refractivity contribution in [1.82, 2.24) is 9.38 Å². The zero-order chi connectivity index (χ0) is 21.2. The van der Waals surface area contributed by atoms with Crippen molar-refractivity contribution in [3.63, 3.8) is 0 Å². The lowest BCUT2D eigenvalue weighted by Crippen LogP contribution is -2.18. The van der Waals surface area contributed by atoms with Gasteiger partial charge in [-0.1, -0.05) is 30.3 Å². The molecular weight excluding hydrogens is 412 g/mol. The number of hydrogen-bond acceptors (Lipinski definition) is 6. The van der Waals surface area contributed by atoms with Gasteiger partial charge in [0, 0.05) is 16.6 Å². The Balaban J connectivity index is 1.35. The number of ether oxygens (including phenoxy) is 2. The summed E-state index contributed by atoms with van der Waals surface area (Å²) < 4.78 is 13.0. The summed E-state index contributed by atoms with van der Waals surface area (Å²) in [6.07, 6.45) is 4.13. The molecule has 0 spiro atoms. The van der Waals surface area contributed by atoms with Gasteiger partial charge < -0.3 is 9.47 Å². The Morgan fingerprint density at radius 3 is 2.68 bits per heavy atom. The third-order valence-corrected chi connectivity index (χ3v) is 6.39. The van der Waals surface area contributed by atoms with Crippen LogP contribution in [0, 0.1) is 0 Å². The van der Waals surface area contributed by atoms with Crippen LogP contribution >= 0.6 is 11.3 Å². The van der Waals surface area contributed by atoms with E-state index >= 15 is 0 Å².